The summed E-state index contributed by atoms with van der Waals surface area (Å²) >= 11 is 1.17. The summed E-state index contributed by atoms with van der Waals surface area (Å²) in [6, 6.07) is 8.41. The lowest BCUT2D eigenvalue weighted by Gasteiger charge is -2.40. The molecule has 3 aromatic rings. The molecular formula is C15H15N5OS. The molecule has 0 atom stereocenters. The molecule has 0 radical (unpaired) electrons. The summed E-state index contributed by atoms with van der Waals surface area (Å²) in [6.07, 6.45) is 0. The van der Waals surface area contributed by atoms with Gasteiger partial charge in [0, 0.05) is 13.1 Å². The molecule has 1 aliphatic rings. The van der Waals surface area contributed by atoms with E-state index in [4.69, 9.17) is 0 Å². The Bertz CT molecular complexity index is 862. The van der Waals surface area contributed by atoms with Crippen LogP contribution in [0.25, 0.3) is 11.0 Å². The highest BCUT2D eigenvalue weighted by Gasteiger charge is 2.35. The number of aromatic nitrogens is 4. The number of likely N-dealkylation sites (tertiary alicyclic amines) is 1. The minimum Gasteiger partial charge on any atom is -0.334 e. The Morgan fingerprint density at radius 1 is 1.27 bits per heavy atom. The Kier molecular flexibility index (Phi) is 2.97. The molecule has 0 bridgehead atoms. The van der Waals surface area contributed by atoms with Crippen molar-refractivity contribution < 1.29 is 4.79 Å². The minimum atomic E-state index is 0.0332. The largest absolute Gasteiger partial charge is 0.334 e. The van der Waals surface area contributed by atoms with Crippen molar-refractivity contribution in [2.24, 2.45) is 0 Å². The van der Waals surface area contributed by atoms with Crippen LogP contribution < -0.4 is 0 Å². The summed E-state index contributed by atoms with van der Waals surface area (Å²) in [5.74, 6) is 1.03. The molecule has 3 heterocycles. The summed E-state index contributed by atoms with van der Waals surface area (Å²) in [7, 11) is 0. The topological polar surface area (TPSA) is 63.9 Å². The zero-order valence-corrected chi connectivity index (χ0v) is 13.2. The van der Waals surface area contributed by atoms with Crippen molar-refractivity contribution >= 4 is 28.5 Å². The summed E-state index contributed by atoms with van der Waals surface area (Å²) in [6.45, 7) is 5.25. The molecule has 6 nitrogen and oxygen atoms in total. The molecule has 22 heavy (non-hydrogen) atoms. The summed E-state index contributed by atoms with van der Waals surface area (Å²) in [4.78, 5) is 19.5. The van der Waals surface area contributed by atoms with Gasteiger partial charge in [0.1, 0.15) is 10.7 Å². The molecule has 2 aromatic heterocycles. The van der Waals surface area contributed by atoms with Gasteiger partial charge < -0.3 is 9.47 Å². The second kappa shape index (κ2) is 4.88. The van der Waals surface area contributed by atoms with Crippen molar-refractivity contribution in [3.63, 3.8) is 0 Å². The first-order valence-electron chi connectivity index (χ1n) is 7.17. The highest BCUT2D eigenvalue weighted by Crippen LogP contribution is 2.29. The van der Waals surface area contributed by atoms with E-state index in [1.54, 1.807) is 0 Å². The Labute approximate surface area is 131 Å². The van der Waals surface area contributed by atoms with Crippen LogP contribution in [0.1, 0.15) is 27.2 Å². The van der Waals surface area contributed by atoms with Gasteiger partial charge in [-0.1, -0.05) is 16.6 Å². The van der Waals surface area contributed by atoms with Crippen LogP contribution in [0, 0.1) is 13.8 Å². The molecular weight excluding hydrogens is 298 g/mol. The van der Waals surface area contributed by atoms with E-state index in [1.807, 2.05) is 36.9 Å². The first-order valence-corrected chi connectivity index (χ1v) is 7.94. The lowest BCUT2D eigenvalue weighted by molar-refractivity contribution is 0.0527. The molecule has 1 aliphatic heterocycles. The standard InChI is InChI=1S/C15H15N5OS/c1-9-14(22-18-17-9)15(21)19-7-11(8-19)20-10(2)16-12-5-3-4-6-13(12)20/h3-6,11H,7-8H2,1-2H3. The Morgan fingerprint density at radius 2 is 2.05 bits per heavy atom. The number of carbonyl (C=O) groups excluding carboxylic acids is 1. The number of amides is 1. The summed E-state index contributed by atoms with van der Waals surface area (Å²) < 4.78 is 6.07. The molecule has 112 valence electrons. The van der Waals surface area contributed by atoms with E-state index in [0.29, 0.717) is 23.7 Å². The normalized spacial score (nSPS) is 15.3. The maximum atomic E-state index is 12.4. The van der Waals surface area contributed by atoms with Crippen molar-refractivity contribution in [2.45, 2.75) is 19.9 Å². The second-order valence-corrected chi connectivity index (χ2v) is 6.32. The van der Waals surface area contributed by atoms with Crippen LogP contribution in [0.5, 0.6) is 0 Å². The van der Waals surface area contributed by atoms with Gasteiger partial charge in [0.15, 0.2) is 0 Å². The predicted octanol–water partition coefficient (Wildman–Crippen LogP) is 2.20. The van der Waals surface area contributed by atoms with Crippen molar-refractivity contribution in [3.05, 3.63) is 40.7 Å². The number of para-hydroxylation sites is 2. The first kappa shape index (κ1) is 13.4. The lowest BCUT2D eigenvalue weighted by Crippen LogP contribution is -2.50. The lowest BCUT2D eigenvalue weighted by atomic mass is 10.1. The number of fused-ring (bicyclic) bond motifs is 1. The SMILES string of the molecule is Cc1nnsc1C(=O)N1CC(n2c(C)nc3ccccc32)C1. The molecule has 0 spiro atoms. The number of benzene rings is 1. The number of imidazole rings is 1. The average Bonchev–Trinajstić information content (AvgIpc) is 3.01. The first-order chi connectivity index (χ1) is 10.6. The van der Waals surface area contributed by atoms with Crippen LogP contribution in [0.15, 0.2) is 24.3 Å². The number of hydrogen-bond acceptors (Lipinski definition) is 5. The molecule has 0 N–H and O–H groups in total. The number of rotatable bonds is 2. The number of nitrogens with zero attached hydrogens (tertiary/aromatic N) is 5. The second-order valence-electron chi connectivity index (χ2n) is 5.57. The Balaban J connectivity index is 1.57. The van der Waals surface area contributed by atoms with Crippen molar-refractivity contribution in [1.29, 1.82) is 0 Å². The van der Waals surface area contributed by atoms with Gasteiger partial charge in [-0.15, -0.1) is 5.10 Å². The van der Waals surface area contributed by atoms with Crippen molar-refractivity contribution in [3.8, 4) is 0 Å². The van der Waals surface area contributed by atoms with Crippen LogP contribution in [-0.2, 0) is 0 Å². The highest BCUT2D eigenvalue weighted by atomic mass is 32.1. The fourth-order valence-electron chi connectivity index (χ4n) is 2.98. The summed E-state index contributed by atoms with van der Waals surface area (Å²) in [5.41, 5.74) is 2.85. The maximum absolute atomic E-state index is 12.4. The van der Waals surface area contributed by atoms with E-state index >= 15 is 0 Å². The number of carbonyl (C=O) groups is 1. The molecule has 1 saturated heterocycles. The van der Waals surface area contributed by atoms with Crippen molar-refractivity contribution in [2.75, 3.05) is 13.1 Å². The van der Waals surface area contributed by atoms with E-state index in [2.05, 4.69) is 25.2 Å². The zero-order valence-electron chi connectivity index (χ0n) is 12.4. The Morgan fingerprint density at radius 3 is 2.77 bits per heavy atom. The average molecular weight is 313 g/mol. The summed E-state index contributed by atoms with van der Waals surface area (Å²) in [5, 5.41) is 3.91. The molecule has 0 aliphatic carbocycles. The van der Waals surface area contributed by atoms with E-state index in [-0.39, 0.29) is 11.9 Å². The van der Waals surface area contributed by atoms with Gasteiger partial charge in [0.05, 0.1) is 22.8 Å². The molecule has 7 heteroatoms. The van der Waals surface area contributed by atoms with Crippen LogP contribution in [0.3, 0.4) is 0 Å². The van der Waals surface area contributed by atoms with Crippen LogP contribution in [0.4, 0.5) is 0 Å². The molecule has 4 rings (SSSR count). The van der Waals surface area contributed by atoms with Crippen molar-refractivity contribution in [1.82, 2.24) is 24.0 Å². The number of aryl methyl sites for hydroxylation is 2. The van der Waals surface area contributed by atoms with Gasteiger partial charge in [-0.3, -0.25) is 4.79 Å². The fourth-order valence-corrected chi connectivity index (χ4v) is 3.61. The predicted molar refractivity (Wildman–Crippen MR) is 84.1 cm³/mol. The van der Waals surface area contributed by atoms with E-state index < -0.39 is 0 Å². The monoisotopic (exact) mass is 313 g/mol. The number of hydrogen-bond donors (Lipinski definition) is 0. The third-order valence-corrected chi connectivity index (χ3v) is 4.95. The fraction of sp³-hybridized carbons (Fsp3) is 0.333. The molecule has 1 aromatic carbocycles. The molecule has 1 amide bonds. The van der Waals surface area contributed by atoms with E-state index in [1.165, 1.54) is 11.5 Å². The highest BCUT2D eigenvalue weighted by molar-refractivity contribution is 7.07. The van der Waals surface area contributed by atoms with Gasteiger partial charge in [-0.25, -0.2) is 4.98 Å². The van der Waals surface area contributed by atoms with E-state index in [9.17, 15) is 4.79 Å². The van der Waals surface area contributed by atoms with Crippen LogP contribution >= 0.6 is 11.5 Å². The molecule has 0 saturated carbocycles. The van der Waals surface area contributed by atoms with Gasteiger partial charge in [-0.05, 0) is 37.5 Å². The van der Waals surface area contributed by atoms with E-state index in [0.717, 1.165) is 16.9 Å². The smallest absolute Gasteiger partial charge is 0.267 e. The maximum Gasteiger partial charge on any atom is 0.267 e. The van der Waals surface area contributed by atoms with Crippen LogP contribution in [-0.4, -0.2) is 43.0 Å². The van der Waals surface area contributed by atoms with Gasteiger partial charge in [-0.2, -0.15) is 0 Å². The quantitative estimate of drug-likeness (QED) is 0.727. The Hall–Kier alpha value is -2.28. The third-order valence-electron chi connectivity index (χ3n) is 4.13. The van der Waals surface area contributed by atoms with Gasteiger partial charge in [0.2, 0.25) is 0 Å². The minimum absolute atomic E-state index is 0.0332. The molecule has 1 fully saturated rings. The van der Waals surface area contributed by atoms with Gasteiger partial charge >= 0.3 is 0 Å². The zero-order chi connectivity index (χ0) is 15.3. The van der Waals surface area contributed by atoms with Gasteiger partial charge in [0.25, 0.3) is 5.91 Å². The molecule has 0 unspecified atom stereocenters. The third kappa shape index (κ3) is 1.93. The van der Waals surface area contributed by atoms with Crippen LogP contribution in [0.2, 0.25) is 0 Å².